The Morgan fingerprint density at radius 2 is 1.88 bits per heavy atom. The van der Waals surface area contributed by atoms with Crippen LogP contribution >= 0.6 is 11.3 Å². The molecule has 26 heavy (non-hydrogen) atoms. The molecule has 0 radical (unpaired) electrons. The lowest BCUT2D eigenvalue weighted by molar-refractivity contribution is 0.112. The Kier molecular flexibility index (Phi) is 4.14. The Labute approximate surface area is 154 Å². The number of carbonyl (C=O) groups is 1. The Hall–Kier alpha value is -3.18. The van der Waals surface area contributed by atoms with E-state index in [2.05, 4.69) is 10.4 Å². The Balaban J connectivity index is 1.91. The van der Waals surface area contributed by atoms with E-state index in [1.807, 2.05) is 36.4 Å². The van der Waals surface area contributed by atoms with Crippen LogP contribution in [0.5, 0.6) is 5.75 Å². The number of rotatable bonds is 4. The van der Waals surface area contributed by atoms with Crippen molar-refractivity contribution in [3.63, 3.8) is 0 Å². The quantitative estimate of drug-likeness (QED) is 0.518. The number of nitrogen functional groups attached to an aromatic ring is 1. The van der Waals surface area contributed by atoms with Crippen LogP contribution < -0.4 is 10.5 Å². The molecule has 0 saturated carbocycles. The zero-order valence-corrected chi connectivity index (χ0v) is 14.9. The van der Waals surface area contributed by atoms with Crippen molar-refractivity contribution in [2.24, 2.45) is 0 Å². The molecule has 0 aliphatic heterocycles. The minimum Gasteiger partial charge on any atom is -0.497 e. The number of fused-ring (bicyclic) bond motifs is 1. The molecule has 0 saturated heterocycles. The molecule has 0 amide bonds. The van der Waals surface area contributed by atoms with Gasteiger partial charge in [0.15, 0.2) is 0 Å². The van der Waals surface area contributed by atoms with Crippen molar-refractivity contribution < 1.29 is 9.53 Å². The van der Waals surface area contributed by atoms with E-state index < -0.39 is 0 Å². The van der Waals surface area contributed by atoms with Crippen LogP contribution in [0.2, 0.25) is 0 Å². The lowest BCUT2D eigenvalue weighted by Crippen LogP contribution is -1.93. The fraction of sp³-hybridized carbons (Fsp3) is 0.0476. The topological polar surface area (TPSA) is 65.2 Å². The number of benzene rings is 2. The Morgan fingerprint density at radius 1 is 1.08 bits per heavy atom. The maximum Gasteiger partial charge on any atom is 0.150 e. The molecule has 2 heterocycles. The van der Waals surface area contributed by atoms with Gasteiger partial charge in [-0.15, -0.1) is 11.3 Å². The molecule has 4 aromatic rings. The molecule has 2 aromatic carbocycles. The molecular formula is C21H16N2O2S. The number of hydrogen-bond acceptors (Lipinski definition) is 5. The number of anilines is 1. The van der Waals surface area contributed by atoms with Crippen molar-refractivity contribution in [3.8, 4) is 28.0 Å². The summed E-state index contributed by atoms with van der Waals surface area (Å²) >= 11 is 1.64. The van der Waals surface area contributed by atoms with E-state index in [4.69, 9.17) is 10.5 Å². The second kappa shape index (κ2) is 6.61. The van der Waals surface area contributed by atoms with Gasteiger partial charge in [-0.25, -0.2) is 4.98 Å². The number of aldehydes is 1. The second-order valence-electron chi connectivity index (χ2n) is 5.88. The van der Waals surface area contributed by atoms with Gasteiger partial charge in [0.05, 0.1) is 7.11 Å². The fourth-order valence-electron chi connectivity index (χ4n) is 3.02. The molecule has 5 heteroatoms. The molecule has 2 aromatic heterocycles. The molecule has 0 bridgehead atoms. The van der Waals surface area contributed by atoms with E-state index in [-0.39, 0.29) is 0 Å². The maximum atomic E-state index is 10.9. The summed E-state index contributed by atoms with van der Waals surface area (Å²) in [6, 6.07) is 15.4. The minimum absolute atomic E-state index is 0.507. The van der Waals surface area contributed by atoms with E-state index in [0.29, 0.717) is 11.4 Å². The molecule has 128 valence electrons. The van der Waals surface area contributed by atoms with Gasteiger partial charge in [0.25, 0.3) is 0 Å². The van der Waals surface area contributed by atoms with E-state index in [1.165, 1.54) is 0 Å². The zero-order valence-electron chi connectivity index (χ0n) is 14.1. The molecule has 0 atom stereocenters. The first kappa shape index (κ1) is 16.3. The van der Waals surface area contributed by atoms with Crippen LogP contribution in [-0.4, -0.2) is 18.4 Å². The fourth-order valence-corrected chi connectivity index (χ4v) is 4.14. The van der Waals surface area contributed by atoms with Gasteiger partial charge >= 0.3 is 0 Å². The van der Waals surface area contributed by atoms with Crippen LogP contribution in [0, 0.1) is 0 Å². The van der Waals surface area contributed by atoms with Crippen LogP contribution in [-0.2, 0) is 0 Å². The highest BCUT2D eigenvalue weighted by molar-refractivity contribution is 7.18. The largest absolute Gasteiger partial charge is 0.497 e. The number of aromatic nitrogens is 1. The van der Waals surface area contributed by atoms with Crippen molar-refractivity contribution in [1.82, 2.24) is 4.98 Å². The average molecular weight is 360 g/mol. The molecule has 0 unspecified atom stereocenters. The van der Waals surface area contributed by atoms with Crippen LogP contribution in [0.15, 0.2) is 60.1 Å². The first-order valence-electron chi connectivity index (χ1n) is 8.07. The number of nitrogens with two attached hydrogens (primary N) is 1. The average Bonchev–Trinajstić information content (AvgIpc) is 3.14. The molecular weight excluding hydrogens is 344 g/mol. The molecule has 4 rings (SSSR count). The monoisotopic (exact) mass is 360 g/mol. The number of thiophene rings is 1. The molecule has 0 spiro atoms. The van der Waals surface area contributed by atoms with Crippen LogP contribution in [0.1, 0.15) is 10.4 Å². The van der Waals surface area contributed by atoms with Gasteiger partial charge in [-0.2, -0.15) is 0 Å². The summed E-state index contributed by atoms with van der Waals surface area (Å²) in [6.07, 6.45) is 2.63. The van der Waals surface area contributed by atoms with Crippen molar-refractivity contribution in [2.45, 2.75) is 0 Å². The summed E-state index contributed by atoms with van der Waals surface area (Å²) in [7, 11) is 1.65. The van der Waals surface area contributed by atoms with Crippen LogP contribution in [0.4, 0.5) is 5.82 Å². The van der Waals surface area contributed by atoms with Crippen molar-refractivity contribution in [1.29, 1.82) is 0 Å². The van der Waals surface area contributed by atoms with Crippen molar-refractivity contribution in [2.75, 3.05) is 12.8 Å². The SMILES string of the molecule is COc1cccc(-c2csc3c(-c4ccc(C=O)cc4)cnc(N)c23)c1. The standard InChI is InChI=1S/C21H16N2O2S/c1-25-16-4-2-3-15(9-16)18-12-26-20-17(10-23-21(22)19(18)20)14-7-5-13(11-24)6-8-14/h2-12H,1H3,(H2,22,23). The smallest absolute Gasteiger partial charge is 0.150 e. The van der Waals surface area contributed by atoms with Gasteiger partial charge < -0.3 is 10.5 Å². The summed E-state index contributed by atoms with van der Waals surface area (Å²) in [5, 5.41) is 3.04. The van der Waals surface area contributed by atoms with Crippen LogP contribution in [0.3, 0.4) is 0 Å². The van der Waals surface area contributed by atoms with Crippen molar-refractivity contribution in [3.05, 3.63) is 65.7 Å². The maximum absolute atomic E-state index is 10.9. The Bertz CT molecular complexity index is 1100. The number of nitrogens with zero attached hydrogens (tertiary/aromatic N) is 1. The molecule has 4 nitrogen and oxygen atoms in total. The van der Waals surface area contributed by atoms with Gasteiger partial charge in [-0.1, -0.05) is 36.4 Å². The molecule has 0 fully saturated rings. The third kappa shape index (κ3) is 2.72. The number of pyridine rings is 1. The lowest BCUT2D eigenvalue weighted by Gasteiger charge is -2.08. The highest BCUT2D eigenvalue weighted by Gasteiger charge is 2.15. The summed E-state index contributed by atoms with van der Waals surface area (Å²) in [4.78, 5) is 15.3. The first-order chi connectivity index (χ1) is 12.7. The highest BCUT2D eigenvalue weighted by atomic mass is 32.1. The molecule has 0 aliphatic rings. The lowest BCUT2D eigenvalue weighted by atomic mass is 10.0. The van der Waals surface area contributed by atoms with Gasteiger partial charge in [-0.05, 0) is 28.6 Å². The predicted molar refractivity (Wildman–Crippen MR) is 107 cm³/mol. The van der Waals surface area contributed by atoms with E-state index in [0.717, 1.165) is 44.4 Å². The number of methoxy groups -OCH3 is 1. The van der Waals surface area contributed by atoms with E-state index >= 15 is 0 Å². The molecule has 2 N–H and O–H groups in total. The molecule has 0 aliphatic carbocycles. The number of ether oxygens (including phenoxy) is 1. The third-order valence-electron chi connectivity index (χ3n) is 4.36. The summed E-state index contributed by atoms with van der Waals surface area (Å²) in [5.41, 5.74) is 11.0. The minimum atomic E-state index is 0.507. The van der Waals surface area contributed by atoms with Crippen LogP contribution in [0.25, 0.3) is 32.3 Å². The van der Waals surface area contributed by atoms with Crippen molar-refractivity contribution >= 4 is 33.5 Å². The van der Waals surface area contributed by atoms with Gasteiger partial charge in [0.2, 0.25) is 0 Å². The van der Waals surface area contributed by atoms with E-state index in [9.17, 15) is 4.79 Å². The van der Waals surface area contributed by atoms with Gasteiger partial charge in [0.1, 0.15) is 17.9 Å². The second-order valence-corrected chi connectivity index (χ2v) is 6.76. The zero-order chi connectivity index (χ0) is 18.1. The van der Waals surface area contributed by atoms with E-state index in [1.54, 1.807) is 36.8 Å². The van der Waals surface area contributed by atoms with Gasteiger partial charge in [0, 0.05) is 33.0 Å². The third-order valence-corrected chi connectivity index (χ3v) is 5.38. The summed E-state index contributed by atoms with van der Waals surface area (Å²) in [6.45, 7) is 0. The predicted octanol–water partition coefficient (Wildman–Crippen LogP) is 5.03. The summed E-state index contributed by atoms with van der Waals surface area (Å²) in [5.74, 6) is 1.31. The summed E-state index contributed by atoms with van der Waals surface area (Å²) < 4.78 is 6.42. The van der Waals surface area contributed by atoms with Gasteiger partial charge in [-0.3, -0.25) is 4.79 Å². The highest BCUT2D eigenvalue weighted by Crippen LogP contribution is 2.42. The normalized spacial score (nSPS) is 10.8. The number of hydrogen-bond donors (Lipinski definition) is 1. The Morgan fingerprint density at radius 3 is 2.62 bits per heavy atom. The number of carbonyl (C=O) groups excluding carboxylic acids is 1. The first-order valence-corrected chi connectivity index (χ1v) is 8.95.